The predicted molar refractivity (Wildman–Crippen MR) is 100 cm³/mol. The lowest BCUT2D eigenvalue weighted by molar-refractivity contribution is -0.123. The molecule has 1 aromatic carbocycles. The highest BCUT2D eigenvalue weighted by Crippen LogP contribution is 2.29. The summed E-state index contributed by atoms with van der Waals surface area (Å²) in [6, 6.07) is 8.81. The van der Waals surface area contributed by atoms with E-state index < -0.39 is 0 Å². The summed E-state index contributed by atoms with van der Waals surface area (Å²) in [6.07, 6.45) is 6.79. The lowest BCUT2D eigenvalue weighted by atomic mass is 10.0. The summed E-state index contributed by atoms with van der Waals surface area (Å²) in [6.45, 7) is 4.59. The van der Waals surface area contributed by atoms with Gasteiger partial charge in [0.05, 0.1) is 6.10 Å². The van der Waals surface area contributed by atoms with Gasteiger partial charge in [-0.05, 0) is 56.2 Å². The van der Waals surface area contributed by atoms with Crippen molar-refractivity contribution in [1.82, 2.24) is 10.2 Å². The molecule has 1 saturated carbocycles. The Hall–Kier alpha value is -1.59. The summed E-state index contributed by atoms with van der Waals surface area (Å²) < 4.78 is 11.4. The standard InChI is InChI=1S/C21H30N2O3/c24-21(17-5-6-17)22-18-9-11-23(12-10-18)14-16-3-7-19(8-4-16)26-15-20-2-1-13-25-20/h3-4,7-8,17-18,20H,1-2,5-6,9-15H2,(H,22,24). The largest absolute Gasteiger partial charge is 0.491 e. The first-order valence-electron chi connectivity index (χ1n) is 10.1. The van der Waals surface area contributed by atoms with E-state index in [4.69, 9.17) is 9.47 Å². The number of likely N-dealkylation sites (tertiary alicyclic amines) is 1. The van der Waals surface area contributed by atoms with E-state index >= 15 is 0 Å². The summed E-state index contributed by atoms with van der Waals surface area (Å²) in [5, 5.41) is 3.22. The van der Waals surface area contributed by atoms with Gasteiger partial charge in [0.1, 0.15) is 12.4 Å². The summed E-state index contributed by atoms with van der Waals surface area (Å²) in [5.41, 5.74) is 1.31. The number of piperidine rings is 1. The first-order chi connectivity index (χ1) is 12.8. The smallest absolute Gasteiger partial charge is 0.223 e. The number of hydrogen-bond donors (Lipinski definition) is 1. The summed E-state index contributed by atoms with van der Waals surface area (Å²) in [7, 11) is 0. The molecule has 3 fully saturated rings. The molecule has 26 heavy (non-hydrogen) atoms. The predicted octanol–water partition coefficient (Wildman–Crippen LogP) is 2.73. The molecule has 2 saturated heterocycles. The van der Waals surface area contributed by atoms with Crippen molar-refractivity contribution < 1.29 is 14.3 Å². The molecule has 1 amide bonds. The van der Waals surface area contributed by atoms with Gasteiger partial charge in [0, 0.05) is 38.2 Å². The second-order valence-corrected chi connectivity index (χ2v) is 7.92. The fraction of sp³-hybridized carbons (Fsp3) is 0.667. The molecular formula is C21H30N2O3. The minimum atomic E-state index is 0.261. The molecule has 0 bridgehead atoms. The topological polar surface area (TPSA) is 50.8 Å². The number of benzene rings is 1. The number of amides is 1. The Labute approximate surface area is 156 Å². The quantitative estimate of drug-likeness (QED) is 0.814. The number of nitrogens with zero attached hydrogens (tertiary/aromatic N) is 1. The molecule has 1 unspecified atom stereocenters. The second-order valence-electron chi connectivity index (χ2n) is 7.92. The van der Waals surface area contributed by atoms with Crippen LogP contribution in [0.2, 0.25) is 0 Å². The lowest BCUT2D eigenvalue weighted by Gasteiger charge is -2.32. The Morgan fingerprint density at radius 1 is 1.12 bits per heavy atom. The Balaban J connectivity index is 1.17. The molecule has 1 N–H and O–H groups in total. The van der Waals surface area contributed by atoms with E-state index in [-0.39, 0.29) is 12.0 Å². The minimum absolute atomic E-state index is 0.261. The number of hydrogen-bond acceptors (Lipinski definition) is 4. The van der Waals surface area contributed by atoms with Crippen LogP contribution in [0.5, 0.6) is 5.75 Å². The SMILES string of the molecule is O=C(NC1CCN(Cc2ccc(OCC3CCCO3)cc2)CC1)C1CC1. The van der Waals surface area contributed by atoms with Crippen LogP contribution in [0.3, 0.4) is 0 Å². The van der Waals surface area contributed by atoms with Crippen molar-refractivity contribution in [2.75, 3.05) is 26.3 Å². The van der Waals surface area contributed by atoms with Gasteiger partial charge < -0.3 is 14.8 Å². The van der Waals surface area contributed by atoms with Gasteiger partial charge in [0.2, 0.25) is 5.91 Å². The lowest BCUT2D eigenvalue weighted by Crippen LogP contribution is -2.44. The number of rotatable bonds is 7. The van der Waals surface area contributed by atoms with Gasteiger partial charge in [0.15, 0.2) is 0 Å². The second kappa shape index (κ2) is 8.40. The van der Waals surface area contributed by atoms with E-state index in [1.54, 1.807) is 0 Å². The average Bonchev–Trinajstić information content (AvgIpc) is 3.39. The molecule has 2 aliphatic heterocycles. The van der Waals surface area contributed by atoms with Crippen LogP contribution in [0.15, 0.2) is 24.3 Å². The molecule has 4 rings (SSSR count). The van der Waals surface area contributed by atoms with Crippen LogP contribution in [0, 0.1) is 5.92 Å². The van der Waals surface area contributed by atoms with Crippen LogP contribution >= 0.6 is 0 Å². The van der Waals surface area contributed by atoms with E-state index in [2.05, 4.69) is 34.5 Å². The molecule has 0 spiro atoms. The Morgan fingerprint density at radius 2 is 1.88 bits per heavy atom. The summed E-state index contributed by atoms with van der Waals surface area (Å²) in [5.74, 6) is 1.52. The van der Waals surface area contributed by atoms with E-state index in [1.165, 1.54) is 5.56 Å². The maximum absolute atomic E-state index is 11.9. The van der Waals surface area contributed by atoms with Gasteiger partial charge in [-0.15, -0.1) is 0 Å². The van der Waals surface area contributed by atoms with Crippen LogP contribution < -0.4 is 10.1 Å². The molecule has 142 valence electrons. The van der Waals surface area contributed by atoms with E-state index in [1.807, 2.05) is 0 Å². The van der Waals surface area contributed by atoms with Crippen molar-refractivity contribution in [3.8, 4) is 5.75 Å². The zero-order valence-electron chi connectivity index (χ0n) is 15.5. The zero-order valence-corrected chi connectivity index (χ0v) is 15.5. The maximum atomic E-state index is 11.9. The highest BCUT2D eigenvalue weighted by atomic mass is 16.5. The first kappa shape index (κ1) is 17.8. The van der Waals surface area contributed by atoms with Crippen LogP contribution in [-0.4, -0.2) is 49.3 Å². The average molecular weight is 358 g/mol. The van der Waals surface area contributed by atoms with Gasteiger partial charge in [-0.25, -0.2) is 0 Å². The summed E-state index contributed by atoms with van der Waals surface area (Å²) >= 11 is 0. The molecular weight excluding hydrogens is 328 g/mol. The van der Waals surface area contributed by atoms with Gasteiger partial charge in [0.25, 0.3) is 0 Å². The van der Waals surface area contributed by atoms with Crippen molar-refractivity contribution in [2.45, 2.75) is 57.2 Å². The molecule has 0 aromatic heterocycles. The summed E-state index contributed by atoms with van der Waals surface area (Å²) in [4.78, 5) is 14.3. The highest BCUT2D eigenvalue weighted by molar-refractivity contribution is 5.81. The fourth-order valence-corrected chi connectivity index (χ4v) is 3.81. The molecule has 2 heterocycles. The molecule has 0 radical (unpaired) electrons. The number of carbonyl (C=O) groups is 1. The third-order valence-electron chi connectivity index (χ3n) is 5.67. The Morgan fingerprint density at radius 3 is 2.54 bits per heavy atom. The van der Waals surface area contributed by atoms with Crippen molar-refractivity contribution in [3.63, 3.8) is 0 Å². The van der Waals surface area contributed by atoms with Crippen LogP contribution in [0.1, 0.15) is 44.1 Å². The van der Waals surface area contributed by atoms with E-state index in [0.717, 1.165) is 70.5 Å². The van der Waals surface area contributed by atoms with Gasteiger partial charge >= 0.3 is 0 Å². The molecule has 3 aliphatic rings. The van der Waals surface area contributed by atoms with Crippen molar-refractivity contribution in [2.24, 2.45) is 5.92 Å². The normalized spacial score (nSPS) is 24.5. The molecule has 5 nitrogen and oxygen atoms in total. The van der Waals surface area contributed by atoms with Crippen molar-refractivity contribution in [1.29, 1.82) is 0 Å². The third kappa shape index (κ3) is 4.98. The Bertz CT molecular complexity index is 586. The highest BCUT2D eigenvalue weighted by Gasteiger charge is 2.31. The van der Waals surface area contributed by atoms with Crippen LogP contribution in [0.4, 0.5) is 0 Å². The van der Waals surface area contributed by atoms with Gasteiger partial charge in [-0.2, -0.15) is 0 Å². The number of ether oxygens (including phenoxy) is 2. The Kier molecular flexibility index (Phi) is 5.75. The third-order valence-corrected chi connectivity index (χ3v) is 5.67. The zero-order chi connectivity index (χ0) is 17.8. The minimum Gasteiger partial charge on any atom is -0.491 e. The molecule has 5 heteroatoms. The van der Waals surface area contributed by atoms with E-state index in [0.29, 0.717) is 18.6 Å². The molecule has 1 aliphatic carbocycles. The van der Waals surface area contributed by atoms with Crippen molar-refractivity contribution in [3.05, 3.63) is 29.8 Å². The molecule has 1 aromatic rings. The monoisotopic (exact) mass is 358 g/mol. The van der Waals surface area contributed by atoms with Crippen LogP contribution in [0.25, 0.3) is 0 Å². The van der Waals surface area contributed by atoms with Gasteiger partial charge in [-0.1, -0.05) is 12.1 Å². The van der Waals surface area contributed by atoms with E-state index in [9.17, 15) is 4.79 Å². The number of carbonyl (C=O) groups excluding carboxylic acids is 1. The van der Waals surface area contributed by atoms with Crippen LogP contribution in [-0.2, 0) is 16.1 Å². The molecule has 1 atom stereocenters. The maximum Gasteiger partial charge on any atom is 0.223 e. The fourth-order valence-electron chi connectivity index (χ4n) is 3.81. The van der Waals surface area contributed by atoms with Gasteiger partial charge in [-0.3, -0.25) is 9.69 Å². The first-order valence-corrected chi connectivity index (χ1v) is 10.1. The number of nitrogens with one attached hydrogen (secondary N) is 1. The van der Waals surface area contributed by atoms with Crippen molar-refractivity contribution >= 4 is 5.91 Å².